The van der Waals surface area contributed by atoms with Crippen LogP contribution in [0.2, 0.25) is 0 Å². The molecule has 0 radical (unpaired) electrons. The third kappa shape index (κ3) is 4.60. The maximum atomic E-state index is 6.71. The van der Waals surface area contributed by atoms with E-state index >= 15 is 0 Å². The number of hydrogen-bond acceptors (Lipinski definition) is 2. The molecule has 302 valence electrons. The number of benzene rings is 9. The molecule has 4 aliphatic rings. The normalized spacial score (nSPS) is 15.7. The summed E-state index contributed by atoms with van der Waals surface area (Å²) < 4.78 is 6.71. The molecule has 0 atom stereocenters. The molecule has 64 heavy (non-hydrogen) atoms. The Labute approximate surface area is 373 Å². The van der Waals surface area contributed by atoms with Crippen molar-refractivity contribution >= 4 is 49.7 Å². The lowest BCUT2D eigenvalue weighted by Crippen LogP contribution is -2.27. The van der Waals surface area contributed by atoms with Crippen LogP contribution in [0.25, 0.3) is 71.7 Å². The Hall–Kier alpha value is -7.68. The van der Waals surface area contributed by atoms with Gasteiger partial charge in [-0.05, 0) is 132 Å². The molecule has 10 aromatic rings. The zero-order valence-corrected chi connectivity index (χ0v) is 35.8. The summed E-state index contributed by atoms with van der Waals surface area (Å²) in [4.78, 5) is 2.66. The first-order valence-electron chi connectivity index (χ1n) is 22.7. The molecule has 14 rings (SSSR count). The molecule has 1 spiro atoms. The van der Waals surface area contributed by atoms with Crippen molar-refractivity contribution in [1.29, 1.82) is 0 Å². The highest BCUT2D eigenvalue weighted by atomic mass is 16.3. The van der Waals surface area contributed by atoms with Gasteiger partial charge in [-0.25, -0.2) is 0 Å². The monoisotopic (exact) mass is 817 g/mol. The van der Waals surface area contributed by atoms with E-state index in [1.54, 1.807) is 0 Å². The van der Waals surface area contributed by atoms with Gasteiger partial charge in [0, 0.05) is 33.1 Å². The Morgan fingerprint density at radius 2 is 1.03 bits per heavy atom. The molecule has 0 amide bonds. The fraction of sp³-hybridized carbons (Fsp3) is 0.0968. The molecule has 0 aliphatic heterocycles. The van der Waals surface area contributed by atoms with Crippen LogP contribution in [-0.4, -0.2) is 0 Å². The quantitative estimate of drug-likeness (QED) is 0.176. The minimum absolute atomic E-state index is 0.231. The van der Waals surface area contributed by atoms with Crippen molar-refractivity contribution in [1.82, 2.24) is 0 Å². The van der Waals surface area contributed by atoms with Gasteiger partial charge in [-0.3, -0.25) is 0 Å². The molecule has 4 aliphatic carbocycles. The Balaban J connectivity index is 1.08. The molecule has 0 saturated carbocycles. The van der Waals surface area contributed by atoms with Crippen molar-refractivity contribution in [2.75, 3.05) is 4.90 Å². The lowest BCUT2D eigenvalue weighted by molar-refractivity contribution is 0.659. The maximum Gasteiger partial charge on any atom is 0.136 e. The summed E-state index contributed by atoms with van der Waals surface area (Å²) in [5.41, 5.74) is 23.3. The Bertz CT molecular complexity index is 3660. The van der Waals surface area contributed by atoms with Gasteiger partial charge in [-0.2, -0.15) is 0 Å². The average molecular weight is 818 g/mol. The second-order valence-electron chi connectivity index (χ2n) is 18.6. The molecule has 2 heteroatoms. The van der Waals surface area contributed by atoms with Gasteiger partial charge < -0.3 is 9.32 Å². The predicted octanol–water partition coefficient (Wildman–Crippen LogP) is 16.3. The van der Waals surface area contributed by atoms with E-state index in [1.807, 2.05) is 0 Å². The van der Waals surface area contributed by atoms with Crippen LogP contribution in [0.5, 0.6) is 0 Å². The zero-order valence-electron chi connectivity index (χ0n) is 35.8. The minimum Gasteiger partial charge on any atom is -0.456 e. The zero-order chi connectivity index (χ0) is 42.3. The molecule has 0 N–H and O–H groups in total. The third-order valence-corrected chi connectivity index (χ3v) is 15.1. The Morgan fingerprint density at radius 3 is 1.73 bits per heavy atom. The summed E-state index contributed by atoms with van der Waals surface area (Å²) in [5, 5.41) is 4.71. The van der Waals surface area contributed by atoms with Gasteiger partial charge >= 0.3 is 0 Å². The van der Waals surface area contributed by atoms with E-state index < -0.39 is 5.41 Å². The van der Waals surface area contributed by atoms with Gasteiger partial charge in [0.15, 0.2) is 0 Å². The standard InChI is InChI=1S/C62H43NO/c1-61(2)50-26-10-5-22-44(50)48-25-15-31-56(60(48)61)63(55-30-14-9-23-46(55)47-24-16-32-57-59(47)49-35-38-17-3-4-18-39(38)36-58(49)64-57)40-33-34-45-43-21-8-13-29-53(43)62(54(45)37-40)51-27-11-6-19-41(51)42-20-7-12-28-52(42)62/h3-13,15-29,31-37H,14,30H2,1-2H3. The molecule has 1 aromatic heterocycles. The second-order valence-corrected chi connectivity index (χ2v) is 18.6. The smallest absolute Gasteiger partial charge is 0.136 e. The first-order chi connectivity index (χ1) is 31.5. The lowest BCUT2D eigenvalue weighted by Gasteiger charge is -2.37. The van der Waals surface area contributed by atoms with E-state index in [-0.39, 0.29) is 5.41 Å². The van der Waals surface area contributed by atoms with Gasteiger partial charge in [0.05, 0.1) is 11.1 Å². The van der Waals surface area contributed by atoms with E-state index in [0.717, 1.165) is 34.8 Å². The highest BCUT2D eigenvalue weighted by molar-refractivity contribution is 6.15. The fourth-order valence-electron chi connectivity index (χ4n) is 12.5. The third-order valence-electron chi connectivity index (χ3n) is 15.1. The van der Waals surface area contributed by atoms with Crippen LogP contribution in [0.1, 0.15) is 65.6 Å². The first-order valence-corrected chi connectivity index (χ1v) is 22.7. The molecule has 1 heterocycles. The average Bonchev–Trinajstić information content (AvgIpc) is 4.03. The van der Waals surface area contributed by atoms with Crippen molar-refractivity contribution in [3.8, 4) is 33.4 Å². The van der Waals surface area contributed by atoms with Crippen LogP contribution < -0.4 is 4.90 Å². The number of nitrogens with zero attached hydrogens (tertiary/aromatic N) is 1. The number of fused-ring (bicyclic) bond motifs is 17. The number of anilines is 2. The van der Waals surface area contributed by atoms with Crippen molar-refractivity contribution < 1.29 is 4.42 Å². The number of rotatable bonds is 4. The molecule has 0 bridgehead atoms. The summed E-state index contributed by atoms with van der Waals surface area (Å²) in [5.74, 6) is 0. The molecule has 0 fully saturated rings. The van der Waals surface area contributed by atoms with Crippen LogP contribution in [0.15, 0.2) is 210 Å². The van der Waals surface area contributed by atoms with Crippen LogP contribution in [0, 0.1) is 0 Å². The molecule has 9 aromatic carbocycles. The van der Waals surface area contributed by atoms with E-state index in [4.69, 9.17) is 4.42 Å². The Kier molecular flexibility index (Phi) is 7.25. The fourth-order valence-corrected chi connectivity index (χ4v) is 12.5. The Morgan fingerprint density at radius 1 is 0.469 bits per heavy atom. The van der Waals surface area contributed by atoms with E-state index in [2.05, 4.69) is 219 Å². The summed E-state index contributed by atoms with van der Waals surface area (Å²) in [6.07, 6.45) is 6.58. The summed E-state index contributed by atoms with van der Waals surface area (Å²) in [7, 11) is 0. The van der Waals surface area contributed by atoms with Gasteiger partial charge in [0.2, 0.25) is 0 Å². The van der Waals surface area contributed by atoms with Crippen molar-refractivity contribution in [2.24, 2.45) is 0 Å². The maximum absolute atomic E-state index is 6.71. The number of hydrogen-bond donors (Lipinski definition) is 0. The summed E-state index contributed by atoms with van der Waals surface area (Å²) in [6, 6.07) is 70.5. The van der Waals surface area contributed by atoms with Crippen LogP contribution in [0.4, 0.5) is 11.4 Å². The van der Waals surface area contributed by atoms with Gasteiger partial charge in [0.25, 0.3) is 0 Å². The van der Waals surface area contributed by atoms with Crippen molar-refractivity contribution in [2.45, 2.75) is 37.5 Å². The molecule has 2 nitrogen and oxygen atoms in total. The van der Waals surface area contributed by atoms with Gasteiger partial charge in [0.1, 0.15) is 11.2 Å². The van der Waals surface area contributed by atoms with E-state index in [9.17, 15) is 0 Å². The largest absolute Gasteiger partial charge is 0.456 e. The van der Waals surface area contributed by atoms with Crippen molar-refractivity contribution in [3.63, 3.8) is 0 Å². The highest BCUT2D eigenvalue weighted by Crippen LogP contribution is 2.64. The molecule has 0 saturated heterocycles. The van der Waals surface area contributed by atoms with Gasteiger partial charge in [-0.15, -0.1) is 0 Å². The van der Waals surface area contributed by atoms with Crippen LogP contribution in [-0.2, 0) is 10.8 Å². The molecular formula is C62H43NO. The minimum atomic E-state index is -0.456. The van der Waals surface area contributed by atoms with Gasteiger partial charge in [-0.1, -0.05) is 178 Å². The molecular weight excluding hydrogens is 775 g/mol. The summed E-state index contributed by atoms with van der Waals surface area (Å²) in [6.45, 7) is 4.83. The van der Waals surface area contributed by atoms with Crippen molar-refractivity contribution in [3.05, 3.63) is 245 Å². The molecule has 0 unspecified atom stereocenters. The lowest BCUT2D eigenvalue weighted by atomic mass is 9.70. The number of allylic oxidation sites excluding steroid dienone is 4. The second kappa shape index (κ2) is 12.9. The highest BCUT2D eigenvalue weighted by Gasteiger charge is 2.52. The van der Waals surface area contributed by atoms with E-state index in [0.29, 0.717) is 0 Å². The predicted molar refractivity (Wildman–Crippen MR) is 265 cm³/mol. The number of furan rings is 1. The first kappa shape index (κ1) is 35.9. The van der Waals surface area contributed by atoms with E-state index in [1.165, 1.54) is 106 Å². The van der Waals surface area contributed by atoms with Crippen LogP contribution in [0.3, 0.4) is 0 Å². The SMILES string of the molecule is CC1(C)c2ccccc2-c2cccc(N(C3=C(c4cccc5oc6cc7ccccc7cc6c45)C=CCC3)c3ccc4c(c3)C3(c5ccccc5-c5ccccc53)c3ccccc3-4)c21. The van der Waals surface area contributed by atoms with Crippen LogP contribution >= 0.6 is 0 Å². The summed E-state index contributed by atoms with van der Waals surface area (Å²) >= 11 is 0. The topological polar surface area (TPSA) is 16.4 Å².